The Morgan fingerprint density at radius 2 is 1.65 bits per heavy atom. The Hall–Kier alpha value is -1.80. The number of rotatable bonds is 28. The molecule has 1 heterocycles. The first kappa shape index (κ1) is 35.7. The van der Waals surface area contributed by atoms with E-state index >= 15 is 0 Å². The number of hydrogen-bond donors (Lipinski definition) is 0. The van der Waals surface area contributed by atoms with Gasteiger partial charge in [-0.25, -0.2) is 4.98 Å². The van der Waals surface area contributed by atoms with E-state index in [-0.39, 0.29) is 11.9 Å². The van der Waals surface area contributed by atoms with Gasteiger partial charge >= 0.3 is 11.9 Å². The third-order valence-electron chi connectivity index (χ3n) is 8.99. The molecule has 3 fully saturated rings. The van der Waals surface area contributed by atoms with Gasteiger partial charge in [0.25, 0.3) is 0 Å². The Morgan fingerprint density at radius 3 is 2.40 bits per heavy atom. The number of ether oxygens (including phenoxy) is 2. The van der Waals surface area contributed by atoms with E-state index in [1.807, 2.05) is 30.5 Å². The largest absolute Gasteiger partial charge is 0.466 e. The average Bonchev–Trinajstić information content (AvgIpc) is 3.48. The van der Waals surface area contributed by atoms with E-state index in [9.17, 15) is 9.59 Å². The first-order chi connectivity index (χ1) is 21.1. The second kappa shape index (κ2) is 21.8. The maximum absolute atomic E-state index is 12.4. The topological polar surface area (TPSA) is 73.7 Å². The van der Waals surface area contributed by atoms with Gasteiger partial charge in [-0.15, -0.1) is 0 Å². The lowest BCUT2D eigenvalue weighted by Crippen LogP contribution is -2.52. The van der Waals surface area contributed by atoms with E-state index in [0.29, 0.717) is 31.5 Å². The minimum atomic E-state index is -0.0865. The van der Waals surface area contributed by atoms with Crippen molar-refractivity contribution in [2.75, 3.05) is 44.4 Å². The standard InChI is InChI=1S/C35H59N3O4S/c1-2-3-4-5-8-11-14-25-43-26-24-42-33(39)16-21-37(19-15-20-38-22-17-36-31-38)18-12-9-6-7-10-13-23-41-34(40)30-35-27-32(28-35)29-35/h11,14,17,22,31-32H,2-10,12-13,15-16,18-21,23-30H2,1H3/b14-11-. The lowest BCUT2D eigenvalue weighted by Gasteiger charge is -2.61. The SMILES string of the molecule is CCCCCC/C=C\CSCCOC(=O)CCN(CCCCCCCCOC(=O)CC12CC(C1)C2)CCCn1ccnc1. The Morgan fingerprint density at radius 1 is 0.907 bits per heavy atom. The van der Waals surface area contributed by atoms with Gasteiger partial charge in [-0.3, -0.25) is 9.59 Å². The van der Waals surface area contributed by atoms with E-state index in [1.54, 1.807) is 0 Å². The number of aryl methyl sites for hydroxylation is 1. The van der Waals surface area contributed by atoms with Crippen molar-refractivity contribution in [3.8, 4) is 0 Å². The zero-order valence-corrected chi connectivity index (χ0v) is 27.8. The van der Waals surface area contributed by atoms with Gasteiger partial charge in [0.2, 0.25) is 0 Å². The molecule has 3 aliphatic carbocycles. The molecule has 1 aromatic heterocycles. The minimum absolute atomic E-state index is 0.0188. The van der Waals surface area contributed by atoms with Crippen LogP contribution in [0, 0.1) is 11.3 Å². The predicted octanol–water partition coefficient (Wildman–Crippen LogP) is 7.84. The monoisotopic (exact) mass is 617 g/mol. The van der Waals surface area contributed by atoms with Crippen LogP contribution >= 0.6 is 11.8 Å². The van der Waals surface area contributed by atoms with Gasteiger partial charge in [0.05, 0.1) is 25.8 Å². The number of carbonyl (C=O) groups excluding carboxylic acids is 2. The zero-order chi connectivity index (χ0) is 30.4. The Kier molecular flexibility index (Phi) is 18.1. The number of unbranched alkanes of at least 4 members (excludes halogenated alkanes) is 9. The molecule has 2 bridgehead atoms. The summed E-state index contributed by atoms with van der Waals surface area (Å²) < 4.78 is 13.1. The quantitative estimate of drug-likeness (QED) is 0.0539. The molecule has 0 saturated heterocycles. The van der Waals surface area contributed by atoms with Crippen LogP contribution in [0.25, 0.3) is 0 Å². The van der Waals surface area contributed by atoms with Gasteiger partial charge in [-0.05, 0) is 75.8 Å². The number of nitrogens with zero attached hydrogens (tertiary/aromatic N) is 3. The summed E-state index contributed by atoms with van der Waals surface area (Å²) in [6, 6.07) is 0. The molecule has 0 radical (unpaired) electrons. The van der Waals surface area contributed by atoms with Gasteiger partial charge in [-0.1, -0.05) is 64.0 Å². The van der Waals surface area contributed by atoms with E-state index < -0.39 is 0 Å². The molecule has 43 heavy (non-hydrogen) atoms. The number of imidazole rings is 1. The highest BCUT2D eigenvalue weighted by Gasteiger charge is 2.57. The van der Waals surface area contributed by atoms with Crippen molar-refractivity contribution in [2.24, 2.45) is 11.3 Å². The summed E-state index contributed by atoms with van der Waals surface area (Å²) in [5.41, 5.74) is 0.346. The molecule has 0 aromatic carbocycles. The van der Waals surface area contributed by atoms with Crippen molar-refractivity contribution in [1.82, 2.24) is 14.5 Å². The molecule has 0 unspecified atom stereocenters. The maximum Gasteiger partial charge on any atom is 0.307 e. The van der Waals surface area contributed by atoms with Gasteiger partial charge in [0.1, 0.15) is 6.61 Å². The molecule has 0 atom stereocenters. The highest BCUT2D eigenvalue weighted by atomic mass is 32.2. The van der Waals surface area contributed by atoms with Gasteiger partial charge < -0.3 is 18.9 Å². The molecule has 1 aromatic rings. The average molecular weight is 618 g/mol. The van der Waals surface area contributed by atoms with Gasteiger partial charge in [0.15, 0.2) is 0 Å². The molecule has 0 aliphatic heterocycles. The number of aromatic nitrogens is 2. The van der Waals surface area contributed by atoms with Gasteiger partial charge in [-0.2, -0.15) is 11.8 Å². The van der Waals surface area contributed by atoms with Crippen LogP contribution in [0.4, 0.5) is 0 Å². The number of esters is 2. The third-order valence-corrected chi connectivity index (χ3v) is 9.88. The highest BCUT2D eigenvalue weighted by Crippen LogP contribution is 2.66. The smallest absolute Gasteiger partial charge is 0.307 e. The van der Waals surface area contributed by atoms with Crippen molar-refractivity contribution >= 4 is 23.7 Å². The van der Waals surface area contributed by atoms with E-state index in [0.717, 1.165) is 69.3 Å². The molecule has 0 spiro atoms. The van der Waals surface area contributed by atoms with E-state index in [1.165, 1.54) is 70.6 Å². The lowest BCUT2D eigenvalue weighted by molar-refractivity contribution is -0.164. The van der Waals surface area contributed by atoms with Crippen molar-refractivity contribution in [3.63, 3.8) is 0 Å². The van der Waals surface area contributed by atoms with Crippen LogP contribution in [0.5, 0.6) is 0 Å². The highest BCUT2D eigenvalue weighted by molar-refractivity contribution is 7.99. The Bertz CT molecular complexity index is 890. The summed E-state index contributed by atoms with van der Waals surface area (Å²) in [4.78, 5) is 31.0. The number of carbonyl (C=O) groups is 2. The van der Waals surface area contributed by atoms with Crippen molar-refractivity contribution in [1.29, 1.82) is 0 Å². The number of hydrogen-bond acceptors (Lipinski definition) is 7. The molecule has 8 heteroatoms. The second-order valence-electron chi connectivity index (χ2n) is 12.9. The van der Waals surface area contributed by atoms with Crippen molar-refractivity contribution in [2.45, 2.75) is 123 Å². The summed E-state index contributed by atoms with van der Waals surface area (Å²) in [7, 11) is 0. The molecule has 3 saturated carbocycles. The number of thioether (sulfide) groups is 1. The fourth-order valence-corrected chi connectivity index (χ4v) is 7.00. The molecular formula is C35H59N3O4S. The van der Waals surface area contributed by atoms with Crippen molar-refractivity contribution in [3.05, 3.63) is 30.9 Å². The molecule has 7 nitrogen and oxygen atoms in total. The summed E-state index contributed by atoms with van der Waals surface area (Å²) in [5.74, 6) is 2.69. The van der Waals surface area contributed by atoms with E-state index in [4.69, 9.17) is 9.47 Å². The summed E-state index contributed by atoms with van der Waals surface area (Å²) in [5, 5.41) is 0. The Balaban J connectivity index is 1.18. The second-order valence-corrected chi connectivity index (χ2v) is 14.0. The first-order valence-corrected chi connectivity index (χ1v) is 18.5. The summed E-state index contributed by atoms with van der Waals surface area (Å²) >= 11 is 1.82. The van der Waals surface area contributed by atoms with Crippen LogP contribution in [0.2, 0.25) is 0 Å². The molecule has 0 N–H and O–H groups in total. The molecular weight excluding hydrogens is 558 g/mol. The summed E-state index contributed by atoms with van der Waals surface area (Å²) in [6.45, 7) is 6.99. The molecule has 0 amide bonds. The maximum atomic E-state index is 12.4. The Labute approximate surface area is 265 Å². The first-order valence-electron chi connectivity index (χ1n) is 17.3. The molecule has 244 valence electrons. The van der Waals surface area contributed by atoms with Crippen LogP contribution < -0.4 is 0 Å². The minimum Gasteiger partial charge on any atom is -0.466 e. The van der Waals surface area contributed by atoms with Crippen LogP contribution in [-0.4, -0.2) is 70.7 Å². The zero-order valence-electron chi connectivity index (χ0n) is 27.0. The van der Waals surface area contributed by atoms with Crippen molar-refractivity contribution < 1.29 is 19.1 Å². The fourth-order valence-electron chi connectivity index (χ4n) is 6.36. The van der Waals surface area contributed by atoms with Crippen LogP contribution in [0.3, 0.4) is 0 Å². The molecule has 4 rings (SSSR count). The fraction of sp³-hybridized carbons (Fsp3) is 0.800. The third kappa shape index (κ3) is 15.7. The number of allylic oxidation sites excluding steroid dienone is 1. The van der Waals surface area contributed by atoms with Crippen LogP contribution in [0.15, 0.2) is 30.9 Å². The van der Waals surface area contributed by atoms with Crippen LogP contribution in [0.1, 0.15) is 116 Å². The lowest BCUT2D eigenvalue weighted by atomic mass is 9.43. The predicted molar refractivity (Wildman–Crippen MR) is 177 cm³/mol. The normalized spacial score (nSPS) is 19.0. The van der Waals surface area contributed by atoms with E-state index in [2.05, 4.69) is 33.5 Å². The summed E-state index contributed by atoms with van der Waals surface area (Å²) in [6.07, 6.45) is 29.3. The van der Waals surface area contributed by atoms with Crippen LogP contribution in [-0.2, 0) is 25.6 Å². The van der Waals surface area contributed by atoms with Gasteiger partial charge in [0, 0.05) is 37.0 Å². The molecule has 3 aliphatic rings.